The van der Waals surface area contributed by atoms with Gasteiger partial charge in [-0.3, -0.25) is 4.79 Å². The van der Waals surface area contributed by atoms with Crippen LogP contribution >= 0.6 is 0 Å². The van der Waals surface area contributed by atoms with Crippen LogP contribution in [0.4, 0.5) is 21.7 Å². The highest BCUT2D eigenvalue weighted by atomic mass is 19.1. The molecule has 0 radical (unpaired) electrons. The number of carbonyl (C=O) groups is 1. The van der Waals surface area contributed by atoms with Crippen molar-refractivity contribution in [3.05, 3.63) is 60.3 Å². The second-order valence-electron chi connectivity index (χ2n) is 7.58. The Hall–Kier alpha value is -3.59. The summed E-state index contributed by atoms with van der Waals surface area (Å²) in [5.41, 5.74) is 13.9. The number of amides is 1. The van der Waals surface area contributed by atoms with Crippen molar-refractivity contribution in [1.29, 1.82) is 0 Å². The lowest BCUT2D eigenvalue weighted by Gasteiger charge is -2.30. The number of pyridine rings is 1. The molecule has 2 aromatic heterocycles. The molecule has 8 nitrogen and oxygen atoms in total. The Bertz CT molecular complexity index is 1060. The van der Waals surface area contributed by atoms with Gasteiger partial charge >= 0.3 is 0 Å². The van der Waals surface area contributed by atoms with Crippen molar-refractivity contribution >= 4 is 23.2 Å². The lowest BCUT2D eigenvalue weighted by Crippen LogP contribution is -2.43. The molecule has 6 N–H and O–H groups in total. The van der Waals surface area contributed by atoms with E-state index in [1.807, 2.05) is 30.3 Å². The normalized spacial score (nSPS) is 18.4. The molecule has 1 fully saturated rings. The summed E-state index contributed by atoms with van der Waals surface area (Å²) in [4.78, 5) is 24.3. The molecule has 2 atom stereocenters. The Labute approximate surface area is 179 Å². The molecule has 0 bridgehead atoms. The van der Waals surface area contributed by atoms with E-state index in [4.69, 9.17) is 11.5 Å². The molecule has 31 heavy (non-hydrogen) atoms. The minimum atomic E-state index is -0.771. The van der Waals surface area contributed by atoms with Crippen molar-refractivity contribution in [3.8, 4) is 11.3 Å². The first-order valence-corrected chi connectivity index (χ1v) is 10.2. The van der Waals surface area contributed by atoms with E-state index in [1.165, 1.54) is 6.33 Å². The highest BCUT2D eigenvalue weighted by Gasteiger charge is 2.24. The second kappa shape index (κ2) is 9.05. The van der Waals surface area contributed by atoms with E-state index in [0.29, 0.717) is 5.69 Å². The first-order valence-electron chi connectivity index (χ1n) is 10.2. The fraction of sp³-hybridized carbons (Fsp3) is 0.273. The van der Waals surface area contributed by atoms with Gasteiger partial charge in [0, 0.05) is 29.5 Å². The quantitative estimate of drug-likeness (QED) is 0.480. The van der Waals surface area contributed by atoms with Gasteiger partial charge in [0.25, 0.3) is 5.91 Å². The van der Waals surface area contributed by atoms with Crippen LogP contribution in [0.2, 0.25) is 0 Å². The van der Waals surface area contributed by atoms with Crippen LogP contribution in [0.25, 0.3) is 11.3 Å². The summed E-state index contributed by atoms with van der Waals surface area (Å²) in [7, 11) is 0. The molecular formula is C22H24FN7O. The number of halogens is 1. The predicted molar refractivity (Wildman–Crippen MR) is 117 cm³/mol. The number of nitrogens with zero attached hydrogens (tertiary/aromatic N) is 3. The summed E-state index contributed by atoms with van der Waals surface area (Å²) in [5.74, 6) is -1.19. The standard InChI is InChI=1S/C22H24FN7O/c23-16-11-15(20(25)31)21(30-22(16)29-19-4-2-1-3-17(19)24)28-14-7-5-13(6-8-14)18-9-10-26-12-27-18/h5-12,17,19H,1-4,24H2,(H2,25,31)(H2,28,29,30). The van der Waals surface area contributed by atoms with Gasteiger partial charge in [0.2, 0.25) is 0 Å². The van der Waals surface area contributed by atoms with Crippen LogP contribution in [0.3, 0.4) is 0 Å². The minimum Gasteiger partial charge on any atom is -0.365 e. The molecule has 0 spiro atoms. The molecule has 0 saturated heterocycles. The number of benzene rings is 1. The highest BCUT2D eigenvalue weighted by molar-refractivity contribution is 5.98. The number of hydrogen-bond donors (Lipinski definition) is 4. The highest BCUT2D eigenvalue weighted by Crippen LogP contribution is 2.27. The van der Waals surface area contributed by atoms with E-state index in [9.17, 15) is 9.18 Å². The van der Waals surface area contributed by atoms with Gasteiger partial charge in [0.05, 0.1) is 11.3 Å². The van der Waals surface area contributed by atoms with Crippen LogP contribution in [-0.4, -0.2) is 32.9 Å². The Kier molecular flexibility index (Phi) is 6.03. The molecule has 4 rings (SSSR count). The van der Waals surface area contributed by atoms with Crippen molar-refractivity contribution in [2.45, 2.75) is 37.8 Å². The monoisotopic (exact) mass is 421 g/mol. The maximum absolute atomic E-state index is 14.6. The Morgan fingerprint density at radius 1 is 1.10 bits per heavy atom. The molecule has 1 aliphatic rings. The van der Waals surface area contributed by atoms with Crippen molar-refractivity contribution < 1.29 is 9.18 Å². The maximum atomic E-state index is 14.6. The van der Waals surface area contributed by atoms with Crippen LogP contribution in [-0.2, 0) is 0 Å². The summed E-state index contributed by atoms with van der Waals surface area (Å²) in [6.45, 7) is 0. The zero-order valence-corrected chi connectivity index (χ0v) is 16.9. The molecule has 0 aliphatic heterocycles. The summed E-state index contributed by atoms with van der Waals surface area (Å²) >= 11 is 0. The number of nitrogens with one attached hydrogen (secondary N) is 2. The van der Waals surface area contributed by atoms with Crippen LogP contribution in [0.15, 0.2) is 48.9 Å². The SMILES string of the molecule is NC(=O)c1cc(F)c(NC2CCCCC2N)nc1Nc1ccc(-c2ccncn2)cc1. The van der Waals surface area contributed by atoms with Gasteiger partial charge < -0.3 is 22.1 Å². The fourth-order valence-corrected chi connectivity index (χ4v) is 3.71. The molecule has 3 aromatic rings. The topological polar surface area (TPSA) is 132 Å². The summed E-state index contributed by atoms with van der Waals surface area (Å²) in [5, 5.41) is 6.17. The third-order valence-corrected chi connectivity index (χ3v) is 5.41. The van der Waals surface area contributed by atoms with Gasteiger partial charge in [-0.25, -0.2) is 19.3 Å². The molecule has 160 valence electrons. The molecule has 1 saturated carbocycles. The number of rotatable bonds is 6. The van der Waals surface area contributed by atoms with Gasteiger partial charge in [0.15, 0.2) is 11.6 Å². The van der Waals surface area contributed by atoms with Crippen molar-refractivity contribution in [2.24, 2.45) is 11.5 Å². The minimum absolute atomic E-state index is 0.0316. The molecule has 9 heteroatoms. The van der Waals surface area contributed by atoms with E-state index >= 15 is 0 Å². The van der Waals surface area contributed by atoms with Gasteiger partial charge in [-0.2, -0.15) is 0 Å². The van der Waals surface area contributed by atoms with E-state index in [2.05, 4.69) is 25.6 Å². The molecule has 2 heterocycles. The maximum Gasteiger partial charge on any atom is 0.252 e. The average molecular weight is 421 g/mol. The van der Waals surface area contributed by atoms with E-state index in [0.717, 1.165) is 43.0 Å². The molecule has 1 aliphatic carbocycles. The van der Waals surface area contributed by atoms with Crippen LogP contribution < -0.4 is 22.1 Å². The Morgan fingerprint density at radius 2 is 1.87 bits per heavy atom. The number of carbonyl (C=O) groups excluding carboxylic acids is 1. The number of aromatic nitrogens is 3. The van der Waals surface area contributed by atoms with E-state index in [1.54, 1.807) is 6.20 Å². The summed E-state index contributed by atoms with van der Waals surface area (Å²) < 4.78 is 14.6. The lowest BCUT2D eigenvalue weighted by molar-refractivity contribution is 0.100. The first kappa shape index (κ1) is 20.7. The van der Waals surface area contributed by atoms with E-state index in [-0.39, 0.29) is 29.3 Å². The smallest absolute Gasteiger partial charge is 0.252 e. The third kappa shape index (κ3) is 4.77. The second-order valence-corrected chi connectivity index (χ2v) is 7.58. The number of nitrogens with two attached hydrogens (primary N) is 2. The van der Waals surface area contributed by atoms with E-state index < -0.39 is 11.7 Å². The fourth-order valence-electron chi connectivity index (χ4n) is 3.71. The van der Waals surface area contributed by atoms with Crippen molar-refractivity contribution in [3.63, 3.8) is 0 Å². The van der Waals surface area contributed by atoms with Crippen LogP contribution in [0, 0.1) is 5.82 Å². The van der Waals surface area contributed by atoms with Crippen LogP contribution in [0.5, 0.6) is 0 Å². The average Bonchev–Trinajstić information content (AvgIpc) is 2.78. The molecule has 1 amide bonds. The number of anilines is 3. The van der Waals surface area contributed by atoms with Gasteiger partial charge in [-0.15, -0.1) is 0 Å². The third-order valence-electron chi connectivity index (χ3n) is 5.41. The largest absolute Gasteiger partial charge is 0.365 e. The summed E-state index contributed by atoms with van der Waals surface area (Å²) in [6.07, 6.45) is 6.96. The summed E-state index contributed by atoms with van der Waals surface area (Å²) in [6, 6.07) is 10.1. The predicted octanol–water partition coefficient (Wildman–Crippen LogP) is 3.20. The Balaban J connectivity index is 1.59. The van der Waals surface area contributed by atoms with Gasteiger partial charge in [-0.05, 0) is 37.1 Å². The molecule has 1 aromatic carbocycles. The number of primary amides is 1. The van der Waals surface area contributed by atoms with Crippen molar-refractivity contribution in [2.75, 3.05) is 10.6 Å². The van der Waals surface area contributed by atoms with Crippen molar-refractivity contribution in [1.82, 2.24) is 15.0 Å². The van der Waals surface area contributed by atoms with Gasteiger partial charge in [-0.1, -0.05) is 25.0 Å². The Morgan fingerprint density at radius 3 is 2.55 bits per heavy atom. The first-order chi connectivity index (χ1) is 15.0. The molecule has 2 unspecified atom stereocenters. The molecular weight excluding hydrogens is 397 g/mol. The zero-order chi connectivity index (χ0) is 21.8. The van der Waals surface area contributed by atoms with Crippen LogP contribution in [0.1, 0.15) is 36.0 Å². The van der Waals surface area contributed by atoms with Gasteiger partial charge in [0.1, 0.15) is 12.1 Å². The number of hydrogen-bond acceptors (Lipinski definition) is 7. The zero-order valence-electron chi connectivity index (χ0n) is 16.9. The lowest BCUT2D eigenvalue weighted by atomic mass is 9.91.